The van der Waals surface area contributed by atoms with Gasteiger partial charge in [-0.25, -0.2) is 9.97 Å². The molecule has 2 aromatic heterocycles. The van der Waals surface area contributed by atoms with Crippen molar-refractivity contribution in [2.75, 3.05) is 18.0 Å². The summed E-state index contributed by atoms with van der Waals surface area (Å²) in [5.74, 6) is 1.04. The molecule has 0 aliphatic carbocycles. The summed E-state index contributed by atoms with van der Waals surface area (Å²) < 4.78 is 0. The molecule has 6 nitrogen and oxygen atoms in total. The predicted octanol–water partition coefficient (Wildman–Crippen LogP) is 2.34. The van der Waals surface area contributed by atoms with Gasteiger partial charge in [-0.3, -0.25) is 9.78 Å². The lowest BCUT2D eigenvalue weighted by molar-refractivity contribution is -0.132. The lowest BCUT2D eigenvalue weighted by Gasteiger charge is -2.44. The van der Waals surface area contributed by atoms with E-state index in [1.807, 2.05) is 31.2 Å². The van der Waals surface area contributed by atoms with Gasteiger partial charge in [-0.15, -0.1) is 0 Å². The van der Waals surface area contributed by atoms with Crippen LogP contribution in [0.15, 0.2) is 36.7 Å². The van der Waals surface area contributed by atoms with Crippen LogP contribution in [0.3, 0.4) is 0 Å². The third-order valence-electron chi connectivity index (χ3n) is 5.47. The Morgan fingerprint density at radius 2 is 1.84 bits per heavy atom. The lowest BCUT2D eigenvalue weighted by atomic mass is 9.85. The summed E-state index contributed by atoms with van der Waals surface area (Å²) >= 11 is 0. The maximum absolute atomic E-state index is 12.5. The van der Waals surface area contributed by atoms with E-state index >= 15 is 0 Å². The molecule has 25 heavy (non-hydrogen) atoms. The fourth-order valence-electron chi connectivity index (χ4n) is 4.08. The number of piperidine rings is 1. The van der Waals surface area contributed by atoms with Gasteiger partial charge in [0, 0.05) is 43.1 Å². The lowest BCUT2D eigenvalue weighted by Crippen LogP contribution is -2.53. The molecule has 4 heterocycles. The van der Waals surface area contributed by atoms with Gasteiger partial charge >= 0.3 is 0 Å². The molecule has 6 heteroatoms. The average molecular weight is 337 g/mol. The van der Waals surface area contributed by atoms with Crippen molar-refractivity contribution in [1.29, 1.82) is 0 Å². The molecule has 1 amide bonds. The molecule has 4 rings (SSSR count). The number of anilines is 1. The quantitative estimate of drug-likeness (QED) is 0.860. The first-order chi connectivity index (χ1) is 12.2. The van der Waals surface area contributed by atoms with Gasteiger partial charge in [-0.1, -0.05) is 6.07 Å². The Labute approximate surface area is 147 Å². The van der Waals surface area contributed by atoms with Crippen molar-refractivity contribution in [3.05, 3.63) is 48.0 Å². The van der Waals surface area contributed by atoms with E-state index in [9.17, 15) is 4.79 Å². The van der Waals surface area contributed by atoms with Crippen molar-refractivity contribution in [2.24, 2.45) is 0 Å². The zero-order valence-corrected chi connectivity index (χ0v) is 14.6. The summed E-state index contributed by atoms with van der Waals surface area (Å²) in [6.07, 6.45) is 7.07. The first-order valence-corrected chi connectivity index (χ1v) is 8.91. The minimum atomic E-state index is -0.0339. The zero-order chi connectivity index (χ0) is 17.3. The molecule has 2 aromatic rings. The molecular weight excluding hydrogens is 314 g/mol. The summed E-state index contributed by atoms with van der Waals surface area (Å²) in [5.41, 5.74) is 1.94. The first kappa shape index (κ1) is 16.0. The molecule has 0 unspecified atom stereocenters. The number of carbonyl (C=O) groups is 1. The Morgan fingerprint density at radius 3 is 2.56 bits per heavy atom. The average Bonchev–Trinajstić information content (AvgIpc) is 2.93. The Hall–Kier alpha value is -2.50. The van der Waals surface area contributed by atoms with Crippen LogP contribution in [0, 0.1) is 6.92 Å². The molecule has 0 bridgehead atoms. The fraction of sp³-hybridized carbons (Fsp3) is 0.474. The Balaban J connectivity index is 1.50. The van der Waals surface area contributed by atoms with E-state index in [1.165, 1.54) is 0 Å². The summed E-state index contributed by atoms with van der Waals surface area (Å²) in [6, 6.07) is 7.85. The molecule has 2 aliphatic heterocycles. The van der Waals surface area contributed by atoms with E-state index in [0.717, 1.165) is 49.7 Å². The van der Waals surface area contributed by atoms with Crippen LogP contribution in [-0.2, 0) is 11.3 Å². The van der Waals surface area contributed by atoms with Crippen molar-refractivity contribution in [3.8, 4) is 0 Å². The molecular formula is C19H23N5O. The monoisotopic (exact) mass is 337 g/mol. The summed E-state index contributed by atoms with van der Waals surface area (Å²) in [4.78, 5) is 30.1. The van der Waals surface area contributed by atoms with Crippen molar-refractivity contribution in [1.82, 2.24) is 19.9 Å². The van der Waals surface area contributed by atoms with Crippen molar-refractivity contribution in [3.63, 3.8) is 0 Å². The largest absolute Gasteiger partial charge is 0.341 e. The maximum Gasteiger partial charge on any atom is 0.225 e. The van der Waals surface area contributed by atoms with E-state index in [4.69, 9.17) is 0 Å². The number of carbonyl (C=O) groups excluding carboxylic acids is 1. The van der Waals surface area contributed by atoms with Crippen LogP contribution in [0.4, 0.5) is 5.95 Å². The van der Waals surface area contributed by atoms with Crippen LogP contribution in [0.1, 0.15) is 37.1 Å². The van der Waals surface area contributed by atoms with Gasteiger partial charge in [0.25, 0.3) is 0 Å². The van der Waals surface area contributed by atoms with Crippen LogP contribution in [0.2, 0.25) is 0 Å². The van der Waals surface area contributed by atoms with Crippen LogP contribution >= 0.6 is 0 Å². The second kappa shape index (κ2) is 6.43. The van der Waals surface area contributed by atoms with Crippen LogP contribution in [0.5, 0.6) is 0 Å². The van der Waals surface area contributed by atoms with E-state index in [2.05, 4.69) is 24.8 Å². The molecule has 2 fully saturated rings. The second-order valence-corrected chi connectivity index (χ2v) is 7.01. The van der Waals surface area contributed by atoms with Gasteiger partial charge in [-0.2, -0.15) is 0 Å². The Kier molecular flexibility index (Phi) is 4.11. The molecule has 0 saturated carbocycles. The van der Waals surface area contributed by atoms with E-state index in [-0.39, 0.29) is 11.4 Å². The molecule has 1 spiro atoms. The highest BCUT2D eigenvalue weighted by atomic mass is 16.2. The number of amides is 1. The minimum absolute atomic E-state index is 0.0339. The first-order valence-electron chi connectivity index (χ1n) is 8.91. The third-order valence-corrected chi connectivity index (χ3v) is 5.47. The molecule has 0 radical (unpaired) electrons. The third kappa shape index (κ3) is 3.08. The zero-order valence-electron chi connectivity index (χ0n) is 14.6. The molecule has 0 N–H and O–H groups in total. The number of rotatable bonds is 3. The number of likely N-dealkylation sites (tertiary alicyclic amines) is 1. The SMILES string of the molecule is Cc1cccc(CN2C(=O)CCC23CCN(c2ncccn2)CC3)n1. The van der Waals surface area contributed by atoms with Crippen LogP contribution < -0.4 is 4.90 Å². The van der Waals surface area contributed by atoms with E-state index < -0.39 is 0 Å². The summed E-state index contributed by atoms with van der Waals surface area (Å²) in [6.45, 7) is 4.37. The van der Waals surface area contributed by atoms with E-state index in [1.54, 1.807) is 12.4 Å². The number of pyridine rings is 1. The minimum Gasteiger partial charge on any atom is -0.341 e. The smallest absolute Gasteiger partial charge is 0.225 e. The Bertz CT molecular complexity index is 755. The van der Waals surface area contributed by atoms with Crippen molar-refractivity contribution < 1.29 is 4.79 Å². The van der Waals surface area contributed by atoms with Gasteiger partial charge in [0.15, 0.2) is 0 Å². The van der Waals surface area contributed by atoms with Gasteiger partial charge in [0.05, 0.1) is 12.2 Å². The van der Waals surface area contributed by atoms with Crippen molar-refractivity contribution in [2.45, 2.75) is 44.7 Å². The van der Waals surface area contributed by atoms with Crippen molar-refractivity contribution >= 4 is 11.9 Å². The molecule has 0 aromatic carbocycles. The highest BCUT2D eigenvalue weighted by Gasteiger charge is 2.47. The molecule has 0 atom stereocenters. The molecule has 130 valence electrons. The Morgan fingerprint density at radius 1 is 1.08 bits per heavy atom. The molecule has 2 aliphatic rings. The van der Waals surface area contributed by atoms with Gasteiger partial charge in [0.2, 0.25) is 11.9 Å². The van der Waals surface area contributed by atoms with Gasteiger partial charge in [-0.05, 0) is 44.4 Å². The van der Waals surface area contributed by atoms with Gasteiger partial charge < -0.3 is 9.80 Å². The van der Waals surface area contributed by atoms with Crippen LogP contribution in [-0.4, -0.2) is 44.4 Å². The second-order valence-electron chi connectivity index (χ2n) is 7.01. The van der Waals surface area contributed by atoms with Crippen LogP contribution in [0.25, 0.3) is 0 Å². The molecule has 2 saturated heterocycles. The number of hydrogen-bond acceptors (Lipinski definition) is 5. The van der Waals surface area contributed by atoms with E-state index in [0.29, 0.717) is 13.0 Å². The normalized spacial score (nSPS) is 19.6. The summed E-state index contributed by atoms with van der Waals surface area (Å²) in [5, 5.41) is 0. The number of aryl methyl sites for hydroxylation is 1. The number of nitrogens with zero attached hydrogens (tertiary/aromatic N) is 5. The van der Waals surface area contributed by atoms with Gasteiger partial charge in [0.1, 0.15) is 0 Å². The fourth-order valence-corrected chi connectivity index (χ4v) is 4.08. The summed E-state index contributed by atoms with van der Waals surface area (Å²) in [7, 11) is 0. The highest BCUT2D eigenvalue weighted by Crippen LogP contribution is 2.40. The topological polar surface area (TPSA) is 62.2 Å². The highest BCUT2D eigenvalue weighted by molar-refractivity contribution is 5.79. The predicted molar refractivity (Wildman–Crippen MR) is 95.0 cm³/mol. The maximum atomic E-state index is 12.5. The number of hydrogen-bond donors (Lipinski definition) is 0. The standard InChI is InChI=1S/C19H23N5O/c1-15-4-2-5-16(22-15)14-24-17(25)6-7-19(24)8-12-23(13-9-19)18-20-10-3-11-21-18/h2-5,10-11H,6-9,12-14H2,1H3. The number of aromatic nitrogens is 3.